The van der Waals surface area contributed by atoms with E-state index in [9.17, 15) is 4.39 Å². The van der Waals surface area contributed by atoms with Crippen LogP contribution in [0.25, 0.3) is 0 Å². The lowest BCUT2D eigenvalue weighted by Gasteiger charge is -2.20. The van der Waals surface area contributed by atoms with Crippen LogP contribution in [-0.2, 0) is 0 Å². The van der Waals surface area contributed by atoms with Crippen LogP contribution in [0.1, 0.15) is 13.8 Å². The van der Waals surface area contributed by atoms with Gasteiger partial charge in [-0.2, -0.15) is 4.98 Å². The topological polar surface area (TPSA) is 51.4 Å². The minimum Gasteiger partial charge on any atom is -0.473 e. The Morgan fingerprint density at radius 2 is 1.90 bits per heavy atom. The van der Waals surface area contributed by atoms with Crippen molar-refractivity contribution < 1.29 is 9.13 Å². The number of nitrogens with zero attached hydrogens (tertiary/aromatic N) is 2. The van der Waals surface area contributed by atoms with Crippen molar-refractivity contribution in [1.82, 2.24) is 4.98 Å². The molecule has 2 N–H and O–H groups in total. The summed E-state index contributed by atoms with van der Waals surface area (Å²) >= 11 is 0. The first-order chi connectivity index (χ1) is 9.49. The van der Waals surface area contributed by atoms with Crippen LogP contribution in [0.15, 0.2) is 36.4 Å². The Morgan fingerprint density at radius 3 is 2.55 bits per heavy atom. The molecule has 0 saturated heterocycles. The molecule has 0 aliphatic carbocycles. The van der Waals surface area contributed by atoms with Crippen LogP contribution in [0.2, 0.25) is 0 Å². The predicted octanol–water partition coefficient (Wildman–Crippen LogP) is 3.36. The standard InChI is InChI=1S/C15H18FN3O/c1-10(2)20-15-12(17)8-9-14(18-15)19(3)13-7-5-4-6-11(13)16/h4-10H,17H2,1-3H3. The van der Waals surface area contributed by atoms with Gasteiger partial charge in [-0.25, -0.2) is 4.39 Å². The molecule has 20 heavy (non-hydrogen) atoms. The summed E-state index contributed by atoms with van der Waals surface area (Å²) in [4.78, 5) is 6.00. The van der Waals surface area contributed by atoms with E-state index in [1.807, 2.05) is 13.8 Å². The SMILES string of the molecule is CC(C)Oc1nc(N(C)c2ccccc2F)ccc1N. The summed E-state index contributed by atoms with van der Waals surface area (Å²) < 4.78 is 19.3. The molecule has 2 aromatic rings. The molecule has 1 aromatic heterocycles. The number of benzene rings is 1. The zero-order valence-electron chi connectivity index (χ0n) is 11.8. The molecule has 0 radical (unpaired) electrons. The second kappa shape index (κ2) is 5.77. The number of para-hydroxylation sites is 1. The molecule has 0 bridgehead atoms. The van der Waals surface area contributed by atoms with Crippen molar-refractivity contribution in [2.45, 2.75) is 20.0 Å². The van der Waals surface area contributed by atoms with Crippen LogP contribution in [0.4, 0.5) is 21.6 Å². The van der Waals surface area contributed by atoms with E-state index in [2.05, 4.69) is 4.98 Å². The minimum absolute atomic E-state index is 0.0289. The van der Waals surface area contributed by atoms with E-state index in [1.54, 1.807) is 42.3 Å². The first-order valence-corrected chi connectivity index (χ1v) is 6.40. The van der Waals surface area contributed by atoms with Gasteiger partial charge in [0.2, 0.25) is 5.88 Å². The van der Waals surface area contributed by atoms with Crippen LogP contribution in [0.5, 0.6) is 5.88 Å². The van der Waals surface area contributed by atoms with Gasteiger partial charge in [0, 0.05) is 7.05 Å². The van der Waals surface area contributed by atoms with E-state index >= 15 is 0 Å². The molecule has 1 heterocycles. The third-order valence-corrected chi connectivity index (χ3v) is 2.78. The molecule has 0 saturated carbocycles. The summed E-state index contributed by atoms with van der Waals surface area (Å²) in [5, 5.41) is 0. The van der Waals surface area contributed by atoms with Gasteiger partial charge in [-0.1, -0.05) is 12.1 Å². The van der Waals surface area contributed by atoms with Gasteiger partial charge >= 0.3 is 0 Å². The maximum Gasteiger partial charge on any atom is 0.239 e. The van der Waals surface area contributed by atoms with E-state index in [0.717, 1.165) is 0 Å². The molecule has 2 rings (SSSR count). The maximum absolute atomic E-state index is 13.8. The van der Waals surface area contributed by atoms with Crippen molar-refractivity contribution >= 4 is 17.2 Å². The number of halogens is 1. The molecule has 0 aliphatic rings. The van der Waals surface area contributed by atoms with Crippen molar-refractivity contribution in [3.05, 3.63) is 42.2 Å². The highest BCUT2D eigenvalue weighted by Gasteiger charge is 2.13. The van der Waals surface area contributed by atoms with Crippen molar-refractivity contribution in [2.24, 2.45) is 0 Å². The third-order valence-electron chi connectivity index (χ3n) is 2.78. The molecule has 4 nitrogen and oxygen atoms in total. The monoisotopic (exact) mass is 275 g/mol. The number of rotatable bonds is 4. The van der Waals surface area contributed by atoms with Crippen molar-refractivity contribution in [1.29, 1.82) is 0 Å². The van der Waals surface area contributed by atoms with Gasteiger partial charge in [-0.3, -0.25) is 0 Å². The minimum atomic E-state index is -0.306. The molecular weight excluding hydrogens is 257 g/mol. The van der Waals surface area contributed by atoms with Gasteiger partial charge in [0.15, 0.2) is 0 Å². The number of aromatic nitrogens is 1. The molecule has 0 amide bonds. The predicted molar refractivity (Wildman–Crippen MR) is 78.9 cm³/mol. The highest BCUT2D eigenvalue weighted by molar-refractivity contribution is 5.63. The average molecular weight is 275 g/mol. The summed E-state index contributed by atoms with van der Waals surface area (Å²) in [5.41, 5.74) is 6.73. The van der Waals surface area contributed by atoms with Crippen LogP contribution in [-0.4, -0.2) is 18.1 Å². The Morgan fingerprint density at radius 1 is 1.20 bits per heavy atom. The zero-order chi connectivity index (χ0) is 14.7. The number of ether oxygens (including phenoxy) is 1. The van der Waals surface area contributed by atoms with E-state index in [0.29, 0.717) is 23.1 Å². The Kier molecular flexibility index (Phi) is 4.08. The quantitative estimate of drug-likeness (QED) is 0.929. The number of pyridine rings is 1. The van der Waals surface area contributed by atoms with Gasteiger partial charge < -0.3 is 15.4 Å². The van der Waals surface area contributed by atoms with Crippen LogP contribution < -0.4 is 15.4 Å². The maximum atomic E-state index is 13.8. The van der Waals surface area contributed by atoms with Gasteiger partial charge in [-0.15, -0.1) is 0 Å². The fourth-order valence-electron chi connectivity index (χ4n) is 1.79. The summed E-state index contributed by atoms with van der Waals surface area (Å²) in [5.74, 6) is 0.626. The molecule has 1 aromatic carbocycles. The lowest BCUT2D eigenvalue weighted by molar-refractivity contribution is 0.234. The fraction of sp³-hybridized carbons (Fsp3) is 0.267. The summed E-state index contributed by atoms with van der Waals surface area (Å²) in [6, 6.07) is 9.96. The second-order valence-corrected chi connectivity index (χ2v) is 4.74. The van der Waals surface area contributed by atoms with Crippen LogP contribution in [0, 0.1) is 5.82 Å². The Bertz CT molecular complexity index is 601. The van der Waals surface area contributed by atoms with Crippen molar-refractivity contribution in [3.8, 4) is 5.88 Å². The summed E-state index contributed by atoms with van der Waals surface area (Å²) in [7, 11) is 1.75. The number of nitrogen functional groups attached to an aromatic ring is 1. The molecule has 0 atom stereocenters. The van der Waals surface area contributed by atoms with Crippen molar-refractivity contribution in [3.63, 3.8) is 0 Å². The fourth-order valence-corrected chi connectivity index (χ4v) is 1.79. The highest BCUT2D eigenvalue weighted by Crippen LogP contribution is 2.28. The molecule has 0 unspecified atom stereocenters. The molecule has 0 fully saturated rings. The first kappa shape index (κ1) is 14.1. The van der Waals surface area contributed by atoms with Gasteiger partial charge in [0.1, 0.15) is 11.6 Å². The Labute approximate surface area is 118 Å². The second-order valence-electron chi connectivity index (χ2n) is 4.74. The lowest BCUT2D eigenvalue weighted by atomic mass is 10.2. The molecule has 0 aliphatic heterocycles. The van der Waals surface area contributed by atoms with Crippen LogP contribution in [0.3, 0.4) is 0 Å². The largest absolute Gasteiger partial charge is 0.473 e. The number of anilines is 3. The molecule has 0 spiro atoms. The Balaban J connectivity index is 2.35. The highest BCUT2D eigenvalue weighted by atomic mass is 19.1. The summed E-state index contributed by atoms with van der Waals surface area (Å²) in [6.45, 7) is 3.79. The van der Waals surface area contributed by atoms with E-state index < -0.39 is 0 Å². The normalized spacial score (nSPS) is 10.7. The molecule has 106 valence electrons. The molecular formula is C15H18FN3O. The van der Waals surface area contributed by atoms with Crippen molar-refractivity contribution in [2.75, 3.05) is 17.7 Å². The lowest BCUT2D eigenvalue weighted by Crippen LogP contribution is -2.15. The number of hydrogen-bond acceptors (Lipinski definition) is 4. The van der Waals surface area contributed by atoms with E-state index in [-0.39, 0.29) is 11.9 Å². The Hall–Kier alpha value is -2.30. The average Bonchev–Trinajstić information content (AvgIpc) is 2.40. The smallest absolute Gasteiger partial charge is 0.239 e. The van der Waals surface area contributed by atoms with Gasteiger partial charge in [-0.05, 0) is 38.1 Å². The zero-order valence-corrected chi connectivity index (χ0v) is 11.8. The molecule has 5 heteroatoms. The summed E-state index contributed by atoms with van der Waals surface area (Å²) in [6.07, 6.45) is -0.0289. The number of hydrogen-bond donors (Lipinski definition) is 1. The number of nitrogens with two attached hydrogens (primary N) is 1. The third kappa shape index (κ3) is 2.99. The van der Waals surface area contributed by atoms with Gasteiger partial charge in [0.05, 0.1) is 17.5 Å². The van der Waals surface area contributed by atoms with Gasteiger partial charge in [0.25, 0.3) is 0 Å². The van der Waals surface area contributed by atoms with E-state index in [1.165, 1.54) is 6.07 Å². The first-order valence-electron chi connectivity index (χ1n) is 6.40. The van der Waals surface area contributed by atoms with Crippen LogP contribution >= 0.6 is 0 Å². The van der Waals surface area contributed by atoms with E-state index in [4.69, 9.17) is 10.5 Å².